The Morgan fingerprint density at radius 3 is 2.47 bits per heavy atom. The molecule has 2 heterocycles. The van der Waals surface area contributed by atoms with E-state index in [0.717, 1.165) is 6.07 Å². The first-order valence-corrected chi connectivity index (χ1v) is 10.3. The van der Waals surface area contributed by atoms with Gasteiger partial charge in [0.05, 0.1) is 18.1 Å². The van der Waals surface area contributed by atoms with Crippen LogP contribution in [0.2, 0.25) is 0 Å². The topological polar surface area (TPSA) is 93.4 Å². The molecule has 1 aliphatic heterocycles. The Morgan fingerprint density at radius 2 is 1.69 bits per heavy atom. The molecule has 1 aromatic heterocycles. The maximum absolute atomic E-state index is 13.8. The van der Waals surface area contributed by atoms with Crippen LogP contribution in [0.5, 0.6) is 34.5 Å². The third-order valence-corrected chi connectivity index (χ3v) is 5.16. The Morgan fingerprint density at radius 1 is 0.917 bits per heavy atom. The van der Waals surface area contributed by atoms with E-state index in [-0.39, 0.29) is 29.2 Å². The summed E-state index contributed by atoms with van der Waals surface area (Å²) in [6, 6.07) is 13.6. The van der Waals surface area contributed by atoms with E-state index >= 15 is 0 Å². The van der Waals surface area contributed by atoms with Crippen LogP contribution < -0.4 is 29.1 Å². The maximum Gasteiger partial charge on any atom is 0.453 e. The van der Waals surface area contributed by atoms with Crippen LogP contribution >= 0.6 is 0 Å². The number of alkyl halides is 3. The number of rotatable bonds is 5. The zero-order valence-electron chi connectivity index (χ0n) is 18.4. The van der Waals surface area contributed by atoms with Crippen molar-refractivity contribution in [3.8, 4) is 34.5 Å². The Balaban J connectivity index is 1.50. The van der Waals surface area contributed by atoms with E-state index < -0.39 is 34.7 Å². The molecule has 0 bridgehead atoms. The number of esters is 1. The second-order valence-electron chi connectivity index (χ2n) is 7.48. The molecular weight excluding hydrogens is 485 g/mol. The van der Waals surface area contributed by atoms with Gasteiger partial charge < -0.3 is 28.1 Å². The standard InChI is InChI=1S/C25H15F3O8/c1-31-14-3-2-4-15(10-14)34-22-21(29)17-7-6-16(11-19(17)36-23(22)25(26,27)28)35-24(30)13-5-8-18-20(9-13)33-12-32-18/h2-11H,12H2,1H3. The molecule has 5 rings (SSSR count). The van der Waals surface area contributed by atoms with E-state index in [4.69, 9.17) is 28.1 Å². The quantitative estimate of drug-likeness (QED) is 0.260. The molecule has 36 heavy (non-hydrogen) atoms. The summed E-state index contributed by atoms with van der Waals surface area (Å²) in [6.07, 6.45) is -5.05. The van der Waals surface area contributed by atoms with Crippen molar-refractivity contribution in [3.63, 3.8) is 0 Å². The van der Waals surface area contributed by atoms with Crippen LogP contribution in [0.25, 0.3) is 11.0 Å². The highest BCUT2D eigenvalue weighted by molar-refractivity contribution is 5.92. The molecule has 11 heteroatoms. The molecule has 8 nitrogen and oxygen atoms in total. The Kier molecular flexibility index (Phi) is 5.67. The van der Waals surface area contributed by atoms with Gasteiger partial charge in [0, 0.05) is 12.1 Å². The van der Waals surface area contributed by atoms with Crippen molar-refractivity contribution < 1.29 is 46.1 Å². The molecular formula is C25H15F3O8. The van der Waals surface area contributed by atoms with Crippen LogP contribution in [0.1, 0.15) is 16.1 Å². The molecule has 0 amide bonds. The number of benzene rings is 3. The van der Waals surface area contributed by atoms with Crippen molar-refractivity contribution in [1.82, 2.24) is 0 Å². The molecule has 0 spiro atoms. The lowest BCUT2D eigenvalue weighted by Crippen LogP contribution is -2.15. The number of hydrogen-bond acceptors (Lipinski definition) is 8. The summed E-state index contributed by atoms with van der Waals surface area (Å²) in [6.45, 7) is 0.0165. The fraction of sp³-hybridized carbons (Fsp3) is 0.120. The van der Waals surface area contributed by atoms with Gasteiger partial charge in [-0.1, -0.05) is 6.07 Å². The molecule has 0 radical (unpaired) electrons. The van der Waals surface area contributed by atoms with Gasteiger partial charge in [0.2, 0.25) is 18.0 Å². The average Bonchev–Trinajstić information content (AvgIpc) is 3.33. The molecule has 4 aromatic rings. The summed E-state index contributed by atoms with van der Waals surface area (Å²) in [5, 5.41) is -0.205. The molecule has 0 unspecified atom stereocenters. The molecule has 3 aromatic carbocycles. The summed E-state index contributed by atoms with van der Waals surface area (Å²) in [4.78, 5) is 25.5. The van der Waals surface area contributed by atoms with Crippen LogP contribution in [-0.2, 0) is 6.18 Å². The van der Waals surface area contributed by atoms with Crippen molar-refractivity contribution in [2.45, 2.75) is 6.18 Å². The third kappa shape index (κ3) is 4.38. The van der Waals surface area contributed by atoms with Gasteiger partial charge in [-0.05, 0) is 42.5 Å². The lowest BCUT2D eigenvalue weighted by Gasteiger charge is -2.14. The number of methoxy groups -OCH3 is 1. The Labute approximate surface area is 200 Å². The van der Waals surface area contributed by atoms with E-state index in [1.807, 2.05) is 0 Å². The normalized spacial score (nSPS) is 12.4. The number of halogens is 3. The summed E-state index contributed by atoms with van der Waals surface area (Å²) in [5.41, 5.74) is -1.37. The summed E-state index contributed by atoms with van der Waals surface area (Å²) < 4.78 is 72.4. The number of carbonyl (C=O) groups is 1. The second kappa shape index (κ2) is 8.84. The van der Waals surface area contributed by atoms with E-state index in [2.05, 4.69) is 0 Å². The highest BCUT2D eigenvalue weighted by atomic mass is 19.4. The minimum absolute atomic E-state index is 0.0165. The first kappa shape index (κ1) is 23.1. The smallest absolute Gasteiger partial charge is 0.453 e. The van der Waals surface area contributed by atoms with Gasteiger partial charge in [-0.25, -0.2) is 4.79 Å². The molecule has 1 aliphatic rings. The van der Waals surface area contributed by atoms with Crippen LogP contribution in [0.3, 0.4) is 0 Å². The number of fused-ring (bicyclic) bond motifs is 2. The number of hydrogen-bond donors (Lipinski definition) is 0. The van der Waals surface area contributed by atoms with Gasteiger partial charge in [-0.15, -0.1) is 0 Å². The SMILES string of the molecule is COc1cccc(Oc2c(C(F)(F)F)oc3cc(OC(=O)c4ccc5c(c4)OCO5)ccc3c2=O)c1. The van der Waals surface area contributed by atoms with E-state index in [9.17, 15) is 22.8 Å². The van der Waals surface area contributed by atoms with E-state index in [1.54, 1.807) is 6.07 Å². The fourth-order valence-electron chi connectivity index (χ4n) is 3.47. The maximum atomic E-state index is 13.8. The molecule has 0 atom stereocenters. The van der Waals surface area contributed by atoms with Crippen molar-refractivity contribution in [1.29, 1.82) is 0 Å². The first-order valence-electron chi connectivity index (χ1n) is 10.3. The van der Waals surface area contributed by atoms with Crippen LogP contribution in [0, 0.1) is 0 Å². The zero-order chi connectivity index (χ0) is 25.4. The molecule has 0 saturated heterocycles. The van der Waals surface area contributed by atoms with Crippen LogP contribution in [-0.4, -0.2) is 19.9 Å². The Bertz CT molecular complexity index is 1540. The average molecular weight is 500 g/mol. The molecule has 0 aliphatic carbocycles. The van der Waals surface area contributed by atoms with Gasteiger partial charge in [-0.2, -0.15) is 13.2 Å². The van der Waals surface area contributed by atoms with Gasteiger partial charge in [-0.3, -0.25) is 4.79 Å². The van der Waals surface area contributed by atoms with Crippen LogP contribution in [0.4, 0.5) is 13.2 Å². The van der Waals surface area contributed by atoms with E-state index in [1.165, 1.54) is 55.6 Å². The van der Waals surface area contributed by atoms with Crippen molar-refractivity contribution in [3.05, 3.63) is 82.2 Å². The lowest BCUT2D eigenvalue weighted by atomic mass is 10.2. The van der Waals surface area contributed by atoms with Gasteiger partial charge in [0.15, 0.2) is 11.5 Å². The van der Waals surface area contributed by atoms with Crippen molar-refractivity contribution >= 4 is 16.9 Å². The van der Waals surface area contributed by atoms with Crippen molar-refractivity contribution in [2.24, 2.45) is 0 Å². The van der Waals surface area contributed by atoms with Gasteiger partial charge in [0.1, 0.15) is 22.8 Å². The molecule has 184 valence electrons. The zero-order valence-corrected chi connectivity index (χ0v) is 18.4. The van der Waals surface area contributed by atoms with E-state index in [0.29, 0.717) is 17.2 Å². The monoisotopic (exact) mass is 500 g/mol. The van der Waals surface area contributed by atoms with Crippen LogP contribution in [0.15, 0.2) is 69.9 Å². The Hall–Kier alpha value is -4.67. The first-order chi connectivity index (χ1) is 17.2. The number of ether oxygens (including phenoxy) is 5. The summed E-state index contributed by atoms with van der Waals surface area (Å²) in [5.74, 6) is -2.53. The van der Waals surface area contributed by atoms with Gasteiger partial charge >= 0.3 is 12.1 Å². The highest BCUT2D eigenvalue weighted by Crippen LogP contribution is 2.39. The predicted octanol–water partition coefficient (Wildman–Crippen LogP) is 5.56. The van der Waals surface area contributed by atoms with Crippen molar-refractivity contribution in [2.75, 3.05) is 13.9 Å². The lowest BCUT2D eigenvalue weighted by molar-refractivity contribution is -0.154. The predicted molar refractivity (Wildman–Crippen MR) is 118 cm³/mol. The molecule has 0 saturated carbocycles. The highest BCUT2D eigenvalue weighted by Gasteiger charge is 2.40. The molecule has 0 N–H and O–H groups in total. The second-order valence-corrected chi connectivity index (χ2v) is 7.48. The summed E-state index contributed by atoms with van der Waals surface area (Å²) >= 11 is 0. The third-order valence-electron chi connectivity index (χ3n) is 5.16. The molecule has 0 fully saturated rings. The minimum Gasteiger partial charge on any atom is -0.497 e. The summed E-state index contributed by atoms with van der Waals surface area (Å²) in [7, 11) is 1.38. The van der Waals surface area contributed by atoms with Gasteiger partial charge in [0.25, 0.3) is 5.76 Å². The minimum atomic E-state index is -5.05. The fourth-order valence-corrected chi connectivity index (χ4v) is 3.47. The largest absolute Gasteiger partial charge is 0.497 e. The number of carbonyl (C=O) groups excluding carboxylic acids is 1.